The molecule has 0 spiro atoms. The Morgan fingerprint density at radius 2 is 1.95 bits per heavy atom. The first-order valence-corrected chi connectivity index (χ1v) is 7.90. The highest BCUT2D eigenvalue weighted by atomic mass is 16.5. The van der Waals surface area contributed by atoms with E-state index in [1.165, 1.54) is 5.56 Å². The third kappa shape index (κ3) is 2.18. The molecule has 1 saturated carbocycles. The Morgan fingerprint density at radius 1 is 1.24 bits per heavy atom. The maximum Gasteiger partial charge on any atom is 0.111 e. The van der Waals surface area contributed by atoms with Gasteiger partial charge in [0.2, 0.25) is 0 Å². The number of hydrogen-bond acceptors (Lipinski definition) is 3. The highest BCUT2D eigenvalue weighted by Crippen LogP contribution is 2.50. The molecular formula is C18H23NO2. The Balaban J connectivity index is 2.01. The molecule has 0 radical (unpaired) electrons. The summed E-state index contributed by atoms with van der Waals surface area (Å²) in [5.74, 6) is 0. The number of rotatable bonds is 2. The number of nitriles is 1. The highest BCUT2D eigenvalue weighted by Gasteiger charge is 2.54. The number of aliphatic hydroxyl groups is 1. The van der Waals surface area contributed by atoms with Crippen LogP contribution in [0.1, 0.15) is 49.7 Å². The van der Waals surface area contributed by atoms with Crippen molar-refractivity contribution in [1.82, 2.24) is 0 Å². The summed E-state index contributed by atoms with van der Waals surface area (Å²) >= 11 is 0. The lowest BCUT2D eigenvalue weighted by Gasteiger charge is -2.49. The summed E-state index contributed by atoms with van der Waals surface area (Å²) in [5.41, 5.74) is 0.609. The fourth-order valence-corrected chi connectivity index (χ4v) is 4.27. The first-order chi connectivity index (χ1) is 10.1. The van der Waals surface area contributed by atoms with Crippen molar-refractivity contribution in [3.63, 3.8) is 0 Å². The summed E-state index contributed by atoms with van der Waals surface area (Å²) in [5, 5.41) is 21.3. The van der Waals surface area contributed by atoms with Gasteiger partial charge in [0.05, 0.1) is 17.8 Å². The molecule has 0 saturated heterocycles. The maximum atomic E-state index is 11.3. The largest absolute Gasteiger partial charge is 0.388 e. The maximum absolute atomic E-state index is 11.3. The quantitative estimate of drug-likeness (QED) is 0.908. The molecule has 112 valence electrons. The molecule has 1 unspecified atom stereocenters. The second-order valence-electron chi connectivity index (χ2n) is 6.49. The molecule has 0 bridgehead atoms. The van der Waals surface area contributed by atoms with Gasteiger partial charge in [0, 0.05) is 7.11 Å². The molecule has 0 aromatic heterocycles. The van der Waals surface area contributed by atoms with Crippen LogP contribution >= 0.6 is 0 Å². The molecule has 1 aromatic carbocycles. The summed E-state index contributed by atoms with van der Waals surface area (Å²) in [6, 6.07) is 10.7. The van der Waals surface area contributed by atoms with Crippen molar-refractivity contribution in [3.8, 4) is 6.07 Å². The van der Waals surface area contributed by atoms with Crippen molar-refractivity contribution in [2.45, 2.75) is 62.1 Å². The zero-order valence-electron chi connectivity index (χ0n) is 12.6. The molecule has 1 N–H and O–H groups in total. The number of aryl methyl sites for hydroxylation is 1. The van der Waals surface area contributed by atoms with E-state index in [-0.39, 0.29) is 6.10 Å². The van der Waals surface area contributed by atoms with Gasteiger partial charge in [-0.3, -0.25) is 0 Å². The zero-order valence-corrected chi connectivity index (χ0v) is 12.6. The van der Waals surface area contributed by atoms with E-state index in [9.17, 15) is 10.4 Å². The molecular weight excluding hydrogens is 262 g/mol. The minimum Gasteiger partial charge on any atom is -0.388 e. The first kappa shape index (κ1) is 14.6. The van der Waals surface area contributed by atoms with Crippen molar-refractivity contribution in [1.29, 1.82) is 5.26 Å². The van der Waals surface area contributed by atoms with Gasteiger partial charge in [0.25, 0.3) is 0 Å². The minimum absolute atomic E-state index is 0.222. The monoisotopic (exact) mass is 285 g/mol. The summed E-state index contributed by atoms with van der Waals surface area (Å²) in [7, 11) is 1.73. The van der Waals surface area contributed by atoms with Gasteiger partial charge in [-0.2, -0.15) is 5.26 Å². The van der Waals surface area contributed by atoms with Crippen molar-refractivity contribution in [2.75, 3.05) is 7.11 Å². The van der Waals surface area contributed by atoms with Gasteiger partial charge in [0.15, 0.2) is 0 Å². The second kappa shape index (κ2) is 5.44. The number of ether oxygens (including phenoxy) is 1. The average Bonchev–Trinajstić information content (AvgIpc) is 2.55. The SMILES string of the molecule is COC1CCC(O)(C2(C#N)CCCc3ccccc32)CC1. The predicted octanol–water partition coefficient (Wildman–Crippen LogP) is 3.10. The molecule has 3 heteroatoms. The van der Waals surface area contributed by atoms with E-state index in [0.29, 0.717) is 12.8 Å². The Morgan fingerprint density at radius 3 is 2.62 bits per heavy atom. The number of fused-ring (bicyclic) bond motifs is 1. The fourth-order valence-electron chi connectivity index (χ4n) is 4.27. The van der Waals surface area contributed by atoms with Gasteiger partial charge in [-0.25, -0.2) is 0 Å². The molecule has 3 nitrogen and oxygen atoms in total. The Labute approximate surface area is 126 Å². The van der Waals surface area contributed by atoms with Gasteiger partial charge in [-0.1, -0.05) is 24.3 Å². The van der Waals surface area contributed by atoms with Crippen LogP contribution in [0, 0.1) is 11.3 Å². The van der Waals surface area contributed by atoms with Crippen LogP contribution in [-0.2, 0) is 16.6 Å². The van der Waals surface area contributed by atoms with Crippen LogP contribution in [0.25, 0.3) is 0 Å². The average molecular weight is 285 g/mol. The molecule has 0 heterocycles. The Hall–Kier alpha value is -1.37. The standard InChI is InChI=1S/C18H23NO2/c1-21-15-8-11-18(20,12-9-15)17(13-19)10-4-6-14-5-2-3-7-16(14)17/h2-3,5,7,15,20H,4,6,8-12H2,1H3. The molecule has 3 rings (SSSR count). The number of benzene rings is 1. The lowest BCUT2D eigenvalue weighted by atomic mass is 9.57. The lowest BCUT2D eigenvalue weighted by molar-refractivity contribution is -0.0838. The smallest absolute Gasteiger partial charge is 0.111 e. The van der Waals surface area contributed by atoms with Crippen molar-refractivity contribution in [2.24, 2.45) is 0 Å². The highest BCUT2D eigenvalue weighted by molar-refractivity contribution is 5.45. The Kier molecular flexibility index (Phi) is 3.77. The number of methoxy groups -OCH3 is 1. The molecule has 0 aliphatic heterocycles. The summed E-state index contributed by atoms with van der Waals surface area (Å²) in [6.07, 6.45) is 5.92. The lowest BCUT2D eigenvalue weighted by Crippen LogP contribution is -2.55. The van der Waals surface area contributed by atoms with Gasteiger partial charge < -0.3 is 9.84 Å². The Bertz CT molecular complexity index is 555. The molecule has 2 aliphatic rings. The summed E-state index contributed by atoms with van der Waals surface area (Å²) in [4.78, 5) is 0. The number of hydrogen-bond donors (Lipinski definition) is 1. The van der Waals surface area contributed by atoms with Crippen LogP contribution in [0.2, 0.25) is 0 Å². The summed E-state index contributed by atoms with van der Waals surface area (Å²) in [6.45, 7) is 0. The van der Waals surface area contributed by atoms with E-state index in [2.05, 4.69) is 12.1 Å². The van der Waals surface area contributed by atoms with E-state index < -0.39 is 11.0 Å². The van der Waals surface area contributed by atoms with E-state index >= 15 is 0 Å². The van der Waals surface area contributed by atoms with Crippen molar-refractivity contribution < 1.29 is 9.84 Å². The van der Waals surface area contributed by atoms with E-state index in [1.54, 1.807) is 7.11 Å². The normalized spacial score (nSPS) is 35.8. The molecule has 2 aliphatic carbocycles. The van der Waals surface area contributed by atoms with E-state index in [1.807, 2.05) is 18.2 Å². The third-order valence-electron chi connectivity index (χ3n) is 5.55. The number of nitrogens with zero attached hydrogens (tertiary/aromatic N) is 1. The first-order valence-electron chi connectivity index (χ1n) is 7.90. The van der Waals surface area contributed by atoms with Crippen molar-refractivity contribution >= 4 is 0 Å². The summed E-state index contributed by atoms with van der Waals surface area (Å²) < 4.78 is 5.41. The van der Waals surface area contributed by atoms with Crippen LogP contribution in [0.5, 0.6) is 0 Å². The third-order valence-corrected chi connectivity index (χ3v) is 5.55. The molecule has 0 amide bonds. The predicted molar refractivity (Wildman–Crippen MR) is 80.9 cm³/mol. The van der Waals surface area contributed by atoms with Crippen LogP contribution in [0.3, 0.4) is 0 Å². The molecule has 21 heavy (non-hydrogen) atoms. The fraction of sp³-hybridized carbons (Fsp3) is 0.611. The van der Waals surface area contributed by atoms with Gasteiger partial charge in [-0.15, -0.1) is 0 Å². The van der Waals surface area contributed by atoms with Gasteiger partial charge >= 0.3 is 0 Å². The van der Waals surface area contributed by atoms with E-state index in [4.69, 9.17) is 4.74 Å². The zero-order chi connectivity index (χ0) is 14.9. The van der Waals surface area contributed by atoms with Crippen LogP contribution in [-0.4, -0.2) is 23.9 Å². The molecule has 1 aromatic rings. The van der Waals surface area contributed by atoms with Crippen LogP contribution in [0.15, 0.2) is 24.3 Å². The van der Waals surface area contributed by atoms with Crippen LogP contribution < -0.4 is 0 Å². The van der Waals surface area contributed by atoms with Crippen molar-refractivity contribution in [3.05, 3.63) is 35.4 Å². The minimum atomic E-state index is -0.923. The topological polar surface area (TPSA) is 53.2 Å². The van der Waals surface area contributed by atoms with E-state index in [0.717, 1.165) is 37.7 Å². The second-order valence-corrected chi connectivity index (χ2v) is 6.49. The van der Waals surface area contributed by atoms with Crippen LogP contribution in [0.4, 0.5) is 0 Å². The van der Waals surface area contributed by atoms with Gasteiger partial charge in [0.1, 0.15) is 5.41 Å². The van der Waals surface area contributed by atoms with Gasteiger partial charge in [-0.05, 0) is 56.1 Å². The molecule has 1 atom stereocenters. The molecule has 1 fully saturated rings.